The number of nitrogens with zero attached hydrogens (tertiary/aromatic N) is 1. The standard InChI is InChI=1S/C38H44F2N4O3.2ClH/c1-4-8-29-33(26-12-14-43-15-13-26)30(9-5-2)36(38(42)47)34(35(29)37(41)46)31(19-25-17-27(39)20-28(40)18-25)32(45)22-44-21-24-11-7-10-23(6-3)16-24;;/h7,10-18,20,31-32,44-45H,4-6,8-9,19,21-22H2,1-3H3,(H2,41,46)(H2,42,47);2*1H/t31-,32+;;/m1../s1. The van der Waals surface area contributed by atoms with Crippen LogP contribution in [-0.4, -0.2) is 34.6 Å². The van der Waals surface area contributed by atoms with Gasteiger partial charge in [0.25, 0.3) is 0 Å². The fourth-order valence-corrected chi connectivity index (χ4v) is 6.56. The number of carbonyl (C=O) groups excluding carboxylic acids is 2. The lowest BCUT2D eigenvalue weighted by Gasteiger charge is -2.31. The SMILES string of the molecule is CCCc1c(C(N)=O)c([C@H](Cc2cc(F)cc(F)c2)[C@@H](O)CNCc2cccc(CC)c2)c(C(N)=O)c(CCC)c1-c1ccncc1.Cl.Cl. The summed E-state index contributed by atoms with van der Waals surface area (Å²) in [6.07, 6.45) is 5.05. The lowest BCUT2D eigenvalue weighted by Crippen LogP contribution is -2.36. The molecule has 2 amide bonds. The zero-order valence-corrected chi connectivity index (χ0v) is 29.7. The number of aliphatic hydroxyl groups excluding tert-OH is 1. The molecule has 7 nitrogen and oxygen atoms in total. The number of rotatable bonds is 16. The predicted molar refractivity (Wildman–Crippen MR) is 196 cm³/mol. The molecule has 0 fully saturated rings. The van der Waals surface area contributed by atoms with Crippen molar-refractivity contribution >= 4 is 36.6 Å². The molecular weight excluding hydrogens is 669 g/mol. The molecule has 0 aliphatic rings. The van der Waals surface area contributed by atoms with E-state index in [0.717, 1.165) is 23.6 Å². The Kier molecular flexibility index (Phi) is 16.3. The van der Waals surface area contributed by atoms with E-state index in [1.807, 2.05) is 44.2 Å². The number of nitrogens with two attached hydrogens (primary N) is 2. The van der Waals surface area contributed by atoms with E-state index in [1.165, 1.54) is 17.7 Å². The lowest BCUT2D eigenvalue weighted by molar-refractivity contribution is 0.0990. The van der Waals surface area contributed by atoms with Crippen molar-refractivity contribution in [3.05, 3.63) is 123 Å². The van der Waals surface area contributed by atoms with Crippen molar-refractivity contribution in [3.63, 3.8) is 0 Å². The monoisotopic (exact) mass is 714 g/mol. The highest BCUT2D eigenvalue weighted by Crippen LogP contribution is 2.42. The van der Waals surface area contributed by atoms with Gasteiger partial charge in [0.1, 0.15) is 11.6 Å². The van der Waals surface area contributed by atoms with Gasteiger partial charge >= 0.3 is 0 Å². The number of amides is 2. The van der Waals surface area contributed by atoms with Gasteiger partial charge in [-0.25, -0.2) is 8.78 Å². The maximum Gasteiger partial charge on any atom is 0.249 e. The molecule has 1 aromatic heterocycles. The summed E-state index contributed by atoms with van der Waals surface area (Å²) < 4.78 is 28.9. The van der Waals surface area contributed by atoms with Crippen molar-refractivity contribution in [1.29, 1.82) is 0 Å². The first kappa shape index (κ1) is 41.3. The Balaban J connectivity index is 0.00000417. The molecule has 4 aromatic rings. The van der Waals surface area contributed by atoms with E-state index in [4.69, 9.17) is 11.5 Å². The average molecular weight is 716 g/mol. The third-order valence-corrected chi connectivity index (χ3v) is 8.50. The number of aryl methyl sites for hydroxylation is 1. The third kappa shape index (κ3) is 10.1. The number of hydrogen-bond donors (Lipinski definition) is 4. The molecule has 0 spiro atoms. The topological polar surface area (TPSA) is 131 Å². The summed E-state index contributed by atoms with van der Waals surface area (Å²) in [7, 11) is 0. The van der Waals surface area contributed by atoms with Crippen molar-refractivity contribution in [1.82, 2.24) is 10.3 Å². The van der Waals surface area contributed by atoms with Gasteiger partial charge in [-0.15, -0.1) is 24.8 Å². The number of primary amides is 2. The van der Waals surface area contributed by atoms with E-state index in [1.54, 1.807) is 12.4 Å². The van der Waals surface area contributed by atoms with Crippen molar-refractivity contribution in [2.75, 3.05) is 6.54 Å². The Morgan fingerprint density at radius 1 is 0.816 bits per heavy atom. The number of hydrogen-bond acceptors (Lipinski definition) is 5. The van der Waals surface area contributed by atoms with Crippen LogP contribution in [0.1, 0.15) is 93.6 Å². The molecule has 0 saturated heterocycles. The van der Waals surface area contributed by atoms with Gasteiger partial charge in [0.15, 0.2) is 0 Å². The van der Waals surface area contributed by atoms with Crippen LogP contribution in [0.15, 0.2) is 67.0 Å². The molecule has 11 heteroatoms. The molecule has 0 unspecified atom stereocenters. The minimum absolute atomic E-state index is 0. The maximum absolute atomic E-state index is 14.5. The second kappa shape index (κ2) is 19.3. The first-order chi connectivity index (χ1) is 22.6. The van der Waals surface area contributed by atoms with Crippen LogP contribution >= 0.6 is 24.8 Å². The summed E-state index contributed by atoms with van der Waals surface area (Å²) in [5.74, 6) is -4.10. The van der Waals surface area contributed by atoms with E-state index in [9.17, 15) is 23.5 Å². The molecule has 0 saturated carbocycles. The van der Waals surface area contributed by atoms with E-state index >= 15 is 0 Å². The molecule has 0 aliphatic heterocycles. The van der Waals surface area contributed by atoms with Gasteiger partial charge in [0, 0.05) is 48.6 Å². The number of benzene rings is 3. The minimum atomic E-state index is -1.21. The molecular formula is C38H46Cl2F2N4O3. The molecule has 3 aromatic carbocycles. The highest BCUT2D eigenvalue weighted by Gasteiger charge is 2.35. The van der Waals surface area contributed by atoms with E-state index in [2.05, 4.69) is 23.3 Å². The van der Waals surface area contributed by atoms with Crippen LogP contribution < -0.4 is 16.8 Å². The molecule has 2 atom stereocenters. The highest BCUT2D eigenvalue weighted by molar-refractivity contribution is 6.06. The Morgan fingerprint density at radius 2 is 1.37 bits per heavy atom. The van der Waals surface area contributed by atoms with Gasteiger partial charge in [-0.3, -0.25) is 14.6 Å². The summed E-state index contributed by atoms with van der Waals surface area (Å²) in [6, 6.07) is 14.8. The van der Waals surface area contributed by atoms with Crippen LogP contribution in [0.5, 0.6) is 0 Å². The zero-order chi connectivity index (χ0) is 34.1. The second-order valence-corrected chi connectivity index (χ2v) is 11.9. The van der Waals surface area contributed by atoms with Gasteiger partial charge in [-0.1, -0.05) is 57.9 Å². The predicted octanol–water partition coefficient (Wildman–Crippen LogP) is 7.01. The van der Waals surface area contributed by atoms with E-state index in [-0.39, 0.29) is 60.0 Å². The van der Waals surface area contributed by atoms with Crippen LogP contribution in [0.3, 0.4) is 0 Å². The van der Waals surface area contributed by atoms with Gasteiger partial charge in [0.05, 0.1) is 6.10 Å². The number of halogens is 4. The van der Waals surface area contributed by atoms with Crippen LogP contribution in [0.25, 0.3) is 11.1 Å². The summed E-state index contributed by atoms with van der Waals surface area (Å²) in [6.45, 7) is 6.51. The van der Waals surface area contributed by atoms with Crippen LogP contribution in [0, 0.1) is 11.6 Å². The van der Waals surface area contributed by atoms with Gasteiger partial charge < -0.3 is 21.9 Å². The third-order valence-electron chi connectivity index (χ3n) is 8.50. The number of pyridine rings is 1. The molecule has 0 aliphatic carbocycles. The first-order valence-electron chi connectivity index (χ1n) is 16.2. The number of aromatic nitrogens is 1. The first-order valence-corrected chi connectivity index (χ1v) is 16.2. The fourth-order valence-electron chi connectivity index (χ4n) is 6.56. The van der Waals surface area contributed by atoms with Crippen LogP contribution in [0.2, 0.25) is 0 Å². The number of nitrogens with one attached hydrogen (secondary N) is 1. The average Bonchev–Trinajstić information content (AvgIpc) is 3.03. The number of carbonyl (C=O) groups is 2. The van der Waals surface area contributed by atoms with E-state index < -0.39 is 35.5 Å². The van der Waals surface area contributed by atoms with Gasteiger partial charge in [-0.2, -0.15) is 0 Å². The Bertz CT molecular complexity index is 1660. The smallest absolute Gasteiger partial charge is 0.249 e. The summed E-state index contributed by atoms with van der Waals surface area (Å²) >= 11 is 0. The lowest BCUT2D eigenvalue weighted by atomic mass is 9.74. The van der Waals surface area contributed by atoms with Gasteiger partial charge in [-0.05, 0) is 94.5 Å². The molecule has 264 valence electrons. The summed E-state index contributed by atoms with van der Waals surface area (Å²) in [5.41, 5.74) is 17.9. The van der Waals surface area contributed by atoms with Crippen molar-refractivity contribution < 1.29 is 23.5 Å². The quantitative estimate of drug-likeness (QED) is 0.0992. The molecule has 4 rings (SSSR count). The molecule has 49 heavy (non-hydrogen) atoms. The Morgan fingerprint density at radius 3 is 1.88 bits per heavy atom. The van der Waals surface area contributed by atoms with Crippen molar-refractivity contribution in [3.8, 4) is 11.1 Å². The van der Waals surface area contributed by atoms with Crippen molar-refractivity contribution in [2.45, 2.75) is 77.9 Å². The van der Waals surface area contributed by atoms with Crippen molar-refractivity contribution in [2.24, 2.45) is 11.5 Å². The summed E-state index contributed by atoms with van der Waals surface area (Å²) in [5, 5.41) is 15.2. The second-order valence-electron chi connectivity index (χ2n) is 11.9. The van der Waals surface area contributed by atoms with Gasteiger partial charge in [0.2, 0.25) is 11.8 Å². The molecule has 1 heterocycles. The normalized spacial score (nSPS) is 12.0. The zero-order valence-electron chi connectivity index (χ0n) is 28.1. The Labute approximate surface area is 299 Å². The fraction of sp³-hybridized carbons (Fsp3) is 0.342. The molecule has 6 N–H and O–H groups in total. The van der Waals surface area contributed by atoms with Crippen LogP contribution in [0.4, 0.5) is 8.78 Å². The largest absolute Gasteiger partial charge is 0.391 e. The molecule has 0 bridgehead atoms. The van der Waals surface area contributed by atoms with Crippen LogP contribution in [-0.2, 0) is 32.2 Å². The Hall–Kier alpha value is -3.89. The van der Waals surface area contributed by atoms with E-state index in [0.29, 0.717) is 48.9 Å². The summed E-state index contributed by atoms with van der Waals surface area (Å²) in [4.78, 5) is 31.2. The molecule has 0 radical (unpaired) electrons. The minimum Gasteiger partial charge on any atom is -0.391 e. The number of aliphatic hydroxyl groups is 1. The maximum atomic E-state index is 14.5. The highest BCUT2D eigenvalue weighted by atomic mass is 35.5.